The predicted molar refractivity (Wildman–Crippen MR) is 190 cm³/mol. The van der Waals surface area contributed by atoms with E-state index < -0.39 is 147 Å². The summed E-state index contributed by atoms with van der Waals surface area (Å²) in [5.74, 6) is 0. The summed E-state index contributed by atoms with van der Waals surface area (Å²) in [6, 6.07) is 7.09. The third-order valence-corrected chi connectivity index (χ3v) is 7.87. The van der Waals surface area contributed by atoms with Gasteiger partial charge in [0.15, 0.2) is 0 Å². The van der Waals surface area contributed by atoms with Crippen LogP contribution in [0.5, 0.6) is 0 Å². The van der Waals surface area contributed by atoms with Gasteiger partial charge in [-0.1, -0.05) is 145 Å². The van der Waals surface area contributed by atoms with Crippen LogP contribution in [-0.2, 0) is 0 Å². The molecule has 9 aromatic rings. The number of furan rings is 1. The fourth-order valence-electron chi connectivity index (χ4n) is 5.95. The molecule has 0 aliphatic rings. The van der Waals surface area contributed by atoms with Gasteiger partial charge in [0.25, 0.3) is 0 Å². The van der Waals surface area contributed by atoms with Crippen molar-refractivity contribution in [3.63, 3.8) is 0 Å². The third kappa shape index (κ3) is 4.17. The van der Waals surface area contributed by atoms with Gasteiger partial charge >= 0.3 is 0 Å². The van der Waals surface area contributed by atoms with Crippen molar-refractivity contribution < 1.29 is 27.7 Å². The maximum Gasteiger partial charge on any atom is 0.136 e. The molecule has 8 aromatic carbocycles. The zero-order valence-electron chi connectivity index (χ0n) is 40.3. The van der Waals surface area contributed by atoms with Crippen molar-refractivity contribution in [2.45, 2.75) is 0 Å². The maximum absolute atomic E-state index is 9.75. The van der Waals surface area contributed by atoms with Crippen molar-refractivity contribution in [3.05, 3.63) is 169 Å². The average molecular weight is 590 g/mol. The van der Waals surface area contributed by atoms with Gasteiger partial charge < -0.3 is 4.42 Å². The standard InChI is InChI=1S/C44H28O/c1-3-13-29(14-4-1)34-23-12-24-40-44(34)39-26-25-32(28-41(39)45-40)31-17-11-18-33(27-31)43-37-21-9-7-19-35(37)42(30-15-5-2-6-16-30)36-20-8-10-22-38(36)43/h1-28H/i2D,5D,6D,7D,8D,9D,10D,11D,15D,16D,17D,18D,19D,20D,21D,22D,27D. The Hall–Kier alpha value is -5.92. The minimum Gasteiger partial charge on any atom is -0.456 e. The second-order valence-corrected chi connectivity index (χ2v) is 10.4. The molecule has 0 saturated carbocycles. The molecule has 0 amide bonds. The van der Waals surface area contributed by atoms with Crippen LogP contribution < -0.4 is 0 Å². The number of benzene rings is 8. The molecule has 1 aromatic heterocycles. The first-order valence-corrected chi connectivity index (χ1v) is 14.1. The van der Waals surface area contributed by atoms with Crippen LogP contribution in [0.25, 0.3) is 88.0 Å². The Balaban J connectivity index is 1.47. The van der Waals surface area contributed by atoms with Crippen molar-refractivity contribution in [3.8, 4) is 44.5 Å². The Morgan fingerprint density at radius 3 is 1.73 bits per heavy atom. The van der Waals surface area contributed by atoms with E-state index in [1.54, 1.807) is 24.3 Å². The Morgan fingerprint density at radius 2 is 1.02 bits per heavy atom. The highest BCUT2D eigenvalue weighted by Gasteiger charge is 2.17. The summed E-state index contributed by atoms with van der Waals surface area (Å²) >= 11 is 0. The molecule has 0 fully saturated rings. The Labute approximate surface area is 285 Å². The third-order valence-electron chi connectivity index (χ3n) is 7.87. The molecule has 0 spiro atoms. The van der Waals surface area contributed by atoms with E-state index in [4.69, 9.17) is 19.5 Å². The van der Waals surface area contributed by atoms with E-state index in [0.29, 0.717) is 16.6 Å². The lowest BCUT2D eigenvalue weighted by molar-refractivity contribution is 0.669. The molecule has 9 rings (SSSR count). The first kappa shape index (κ1) is 13.8. The predicted octanol–water partition coefficient (Wildman–Crippen LogP) is 12.6. The lowest BCUT2D eigenvalue weighted by atomic mass is 9.85. The van der Waals surface area contributed by atoms with E-state index in [1.807, 2.05) is 42.5 Å². The minimum absolute atomic E-state index is 0.190. The molecule has 0 atom stereocenters. The molecule has 0 N–H and O–H groups in total. The largest absolute Gasteiger partial charge is 0.456 e. The summed E-state index contributed by atoms with van der Waals surface area (Å²) in [4.78, 5) is 0. The lowest BCUT2D eigenvalue weighted by Gasteiger charge is -2.18. The topological polar surface area (TPSA) is 13.1 Å². The lowest BCUT2D eigenvalue weighted by Crippen LogP contribution is -1.91. The van der Waals surface area contributed by atoms with Crippen molar-refractivity contribution in [2.24, 2.45) is 0 Å². The molecule has 0 aliphatic heterocycles. The zero-order valence-corrected chi connectivity index (χ0v) is 23.3. The van der Waals surface area contributed by atoms with E-state index in [2.05, 4.69) is 0 Å². The summed E-state index contributed by atoms with van der Waals surface area (Å²) in [5, 5.41) is -0.509. The van der Waals surface area contributed by atoms with E-state index in [1.165, 1.54) is 0 Å². The Kier molecular flexibility index (Phi) is 3.18. The molecule has 45 heavy (non-hydrogen) atoms. The second-order valence-electron chi connectivity index (χ2n) is 10.4. The van der Waals surface area contributed by atoms with Crippen molar-refractivity contribution in [2.75, 3.05) is 0 Å². The van der Waals surface area contributed by atoms with Crippen LogP contribution in [0.4, 0.5) is 0 Å². The highest BCUT2D eigenvalue weighted by atomic mass is 16.3. The molecular formula is C44H28O. The first-order chi connectivity index (χ1) is 29.4. The summed E-state index contributed by atoms with van der Waals surface area (Å²) in [6.07, 6.45) is 0. The van der Waals surface area contributed by atoms with Crippen molar-refractivity contribution in [1.82, 2.24) is 0 Å². The van der Waals surface area contributed by atoms with Gasteiger partial charge in [-0.3, -0.25) is 0 Å². The van der Waals surface area contributed by atoms with Gasteiger partial charge in [0, 0.05) is 10.8 Å². The van der Waals surface area contributed by atoms with Crippen molar-refractivity contribution >= 4 is 43.5 Å². The fraction of sp³-hybridized carbons (Fsp3) is 0. The number of fused-ring (bicyclic) bond motifs is 5. The zero-order chi connectivity index (χ0) is 44.5. The highest BCUT2D eigenvalue weighted by molar-refractivity contribution is 6.21. The number of rotatable bonds is 4. The van der Waals surface area contributed by atoms with Crippen molar-refractivity contribution in [1.29, 1.82) is 0 Å². The van der Waals surface area contributed by atoms with Gasteiger partial charge in [-0.15, -0.1) is 0 Å². The quantitative estimate of drug-likeness (QED) is 0.186. The van der Waals surface area contributed by atoms with E-state index in [-0.39, 0.29) is 11.1 Å². The van der Waals surface area contributed by atoms with Gasteiger partial charge in [0.05, 0.1) is 23.3 Å². The van der Waals surface area contributed by atoms with Crippen LogP contribution in [0.15, 0.2) is 174 Å². The normalized spacial score (nSPS) is 16.8. The molecule has 1 heteroatoms. The Morgan fingerprint density at radius 1 is 0.400 bits per heavy atom. The van der Waals surface area contributed by atoms with Gasteiger partial charge in [-0.05, 0) is 90.3 Å². The second kappa shape index (κ2) is 10.4. The van der Waals surface area contributed by atoms with Crippen LogP contribution in [0.1, 0.15) is 23.3 Å². The average Bonchev–Trinajstić information content (AvgIpc) is 3.65. The van der Waals surface area contributed by atoms with E-state index in [0.717, 1.165) is 16.5 Å². The van der Waals surface area contributed by atoms with Crippen LogP contribution in [0.2, 0.25) is 0 Å². The van der Waals surface area contributed by atoms with Gasteiger partial charge in [0.1, 0.15) is 11.2 Å². The fourth-order valence-corrected chi connectivity index (χ4v) is 5.95. The number of hydrogen-bond acceptors (Lipinski definition) is 1. The molecule has 1 nitrogen and oxygen atoms in total. The maximum atomic E-state index is 9.75. The van der Waals surface area contributed by atoms with Gasteiger partial charge in [-0.2, -0.15) is 0 Å². The molecule has 210 valence electrons. The summed E-state index contributed by atoms with van der Waals surface area (Å²) in [5.41, 5.74) is 0.677. The molecule has 0 bridgehead atoms. The van der Waals surface area contributed by atoms with Crippen LogP contribution in [-0.4, -0.2) is 0 Å². The molecular weight excluding hydrogens is 544 g/mol. The molecule has 0 radical (unpaired) electrons. The summed E-state index contributed by atoms with van der Waals surface area (Å²) < 4.78 is 158. The van der Waals surface area contributed by atoms with Crippen LogP contribution >= 0.6 is 0 Å². The molecule has 1 heterocycles. The van der Waals surface area contributed by atoms with Gasteiger partial charge in [0.2, 0.25) is 0 Å². The SMILES string of the molecule is [2H]c1c([2H])c([2H])c(-c2c3c([2H])c([2H])c([2H])c([2H])c3c(-c3c([2H])c([2H])c([2H])c(-c4ccc5c(c4)oc4cccc(-c6ccccc6)c45)c3[2H])c3c([2H])c([2H])c([2H])c([2H])c23)c([2H])c1[2H]. The molecule has 0 unspecified atom stereocenters. The molecule has 0 saturated heterocycles. The first-order valence-electron chi connectivity index (χ1n) is 22.6. The van der Waals surface area contributed by atoms with Crippen LogP contribution in [0, 0.1) is 0 Å². The van der Waals surface area contributed by atoms with Crippen LogP contribution in [0.3, 0.4) is 0 Å². The summed E-state index contributed by atoms with van der Waals surface area (Å²) in [6.45, 7) is 0. The monoisotopic (exact) mass is 589 g/mol. The van der Waals surface area contributed by atoms with Gasteiger partial charge in [-0.25, -0.2) is 0 Å². The van der Waals surface area contributed by atoms with E-state index in [9.17, 15) is 8.22 Å². The Bertz CT molecular complexity index is 3380. The smallest absolute Gasteiger partial charge is 0.136 e. The highest BCUT2D eigenvalue weighted by Crippen LogP contribution is 2.44. The molecule has 0 aliphatic carbocycles. The number of hydrogen-bond donors (Lipinski definition) is 0. The summed E-state index contributed by atoms with van der Waals surface area (Å²) in [7, 11) is 0. The minimum atomic E-state index is -0.822. The van der Waals surface area contributed by atoms with E-state index >= 15 is 0 Å².